The largest absolute Gasteiger partial charge is 0.392 e. The zero-order chi connectivity index (χ0) is 13.5. The molecule has 0 bridgehead atoms. The summed E-state index contributed by atoms with van der Waals surface area (Å²) in [6.45, 7) is 1.91. The second kappa shape index (κ2) is 8.20. The molecule has 0 aromatic rings. The molecule has 112 valence electrons. The summed E-state index contributed by atoms with van der Waals surface area (Å²) in [5.41, 5.74) is 0. The van der Waals surface area contributed by atoms with Crippen LogP contribution in [0.15, 0.2) is 0 Å². The van der Waals surface area contributed by atoms with Gasteiger partial charge in [-0.25, -0.2) is 0 Å². The van der Waals surface area contributed by atoms with Gasteiger partial charge in [-0.2, -0.15) is 0 Å². The van der Waals surface area contributed by atoms with Gasteiger partial charge in [0.25, 0.3) is 0 Å². The highest BCUT2D eigenvalue weighted by Gasteiger charge is 2.23. The van der Waals surface area contributed by atoms with Crippen molar-refractivity contribution in [3.63, 3.8) is 0 Å². The van der Waals surface area contributed by atoms with E-state index in [-0.39, 0.29) is 12.2 Å². The van der Waals surface area contributed by atoms with Gasteiger partial charge in [0.15, 0.2) is 0 Å². The van der Waals surface area contributed by atoms with Crippen LogP contribution in [0.5, 0.6) is 0 Å². The molecular formula is C15H30N2O2. The van der Waals surface area contributed by atoms with Crippen molar-refractivity contribution in [3.05, 3.63) is 0 Å². The minimum Gasteiger partial charge on any atom is -0.392 e. The lowest BCUT2D eigenvalue weighted by Gasteiger charge is -2.30. The molecule has 0 heterocycles. The molecule has 2 rings (SSSR count). The van der Waals surface area contributed by atoms with Crippen LogP contribution < -0.4 is 10.6 Å². The minimum atomic E-state index is -0.151. The average Bonchev–Trinajstić information content (AvgIpc) is 2.42. The van der Waals surface area contributed by atoms with Crippen molar-refractivity contribution in [2.75, 3.05) is 13.1 Å². The van der Waals surface area contributed by atoms with E-state index in [1.165, 1.54) is 25.7 Å². The first-order valence-corrected chi connectivity index (χ1v) is 8.10. The summed E-state index contributed by atoms with van der Waals surface area (Å²) in [7, 11) is 0. The first-order chi connectivity index (χ1) is 9.27. The summed E-state index contributed by atoms with van der Waals surface area (Å²) in [6, 6.07) is 0.600. The molecule has 4 nitrogen and oxygen atoms in total. The second-order valence-corrected chi connectivity index (χ2v) is 6.18. The molecule has 0 spiro atoms. The Balaban J connectivity index is 1.51. The predicted molar refractivity (Wildman–Crippen MR) is 77.1 cm³/mol. The Morgan fingerprint density at radius 1 is 0.684 bits per heavy atom. The van der Waals surface area contributed by atoms with Crippen LogP contribution in [0.3, 0.4) is 0 Å². The molecule has 4 unspecified atom stereocenters. The molecule has 19 heavy (non-hydrogen) atoms. The first-order valence-electron chi connectivity index (χ1n) is 8.10. The number of hydrogen-bond acceptors (Lipinski definition) is 4. The molecule has 0 aliphatic heterocycles. The van der Waals surface area contributed by atoms with Gasteiger partial charge in [0.2, 0.25) is 0 Å². The van der Waals surface area contributed by atoms with Crippen LogP contribution >= 0.6 is 0 Å². The zero-order valence-electron chi connectivity index (χ0n) is 12.0. The van der Waals surface area contributed by atoms with Crippen LogP contribution in [0.2, 0.25) is 0 Å². The quantitative estimate of drug-likeness (QED) is 0.547. The third-order valence-electron chi connectivity index (χ3n) is 4.63. The topological polar surface area (TPSA) is 64.5 Å². The monoisotopic (exact) mass is 270 g/mol. The van der Waals surface area contributed by atoms with Crippen molar-refractivity contribution >= 4 is 0 Å². The van der Waals surface area contributed by atoms with Gasteiger partial charge in [-0.05, 0) is 45.2 Å². The smallest absolute Gasteiger partial charge is 0.0693 e. The van der Waals surface area contributed by atoms with E-state index in [9.17, 15) is 10.2 Å². The van der Waals surface area contributed by atoms with E-state index in [1.807, 2.05) is 0 Å². The van der Waals surface area contributed by atoms with E-state index >= 15 is 0 Å². The number of aliphatic hydroxyl groups is 2. The van der Waals surface area contributed by atoms with Crippen molar-refractivity contribution in [2.24, 2.45) is 0 Å². The third kappa shape index (κ3) is 5.03. The Bertz CT molecular complexity index is 226. The molecule has 0 aromatic carbocycles. The van der Waals surface area contributed by atoms with Gasteiger partial charge in [-0.15, -0.1) is 0 Å². The Kier molecular flexibility index (Phi) is 6.57. The standard InChI is InChI=1S/C15H30N2O2/c18-14-8-3-1-6-12(14)16-10-5-11-17-13-7-2-4-9-15(13)19/h12-19H,1-11H2. The van der Waals surface area contributed by atoms with Crippen LogP contribution in [0, 0.1) is 0 Å². The lowest BCUT2D eigenvalue weighted by atomic mass is 9.92. The summed E-state index contributed by atoms with van der Waals surface area (Å²) in [5, 5.41) is 26.6. The Morgan fingerprint density at radius 3 is 1.53 bits per heavy atom. The van der Waals surface area contributed by atoms with Crippen LogP contribution in [0.25, 0.3) is 0 Å². The van der Waals surface area contributed by atoms with Crippen LogP contribution in [-0.2, 0) is 0 Å². The van der Waals surface area contributed by atoms with Gasteiger partial charge in [-0.3, -0.25) is 0 Å². The van der Waals surface area contributed by atoms with Gasteiger partial charge in [-0.1, -0.05) is 25.7 Å². The zero-order valence-corrected chi connectivity index (χ0v) is 12.0. The van der Waals surface area contributed by atoms with Crippen LogP contribution in [0.1, 0.15) is 57.8 Å². The van der Waals surface area contributed by atoms with Crippen molar-refractivity contribution < 1.29 is 10.2 Å². The van der Waals surface area contributed by atoms with E-state index in [0.717, 1.165) is 45.2 Å². The number of rotatable bonds is 6. The average molecular weight is 270 g/mol. The van der Waals surface area contributed by atoms with E-state index in [4.69, 9.17) is 0 Å². The maximum Gasteiger partial charge on any atom is 0.0693 e. The van der Waals surface area contributed by atoms with Gasteiger partial charge in [0.05, 0.1) is 12.2 Å². The molecule has 4 atom stereocenters. The molecule has 0 aromatic heterocycles. The number of nitrogens with one attached hydrogen (secondary N) is 2. The number of aliphatic hydroxyl groups excluding tert-OH is 2. The van der Waals surface area contributed by atoms with Gasteiger partial charge < -0.3 is 20.8 Å². The van der Waals surface area contributed by atoms with Gasteiger partial charge >= 0.3 is 0 Å². The molecule has 4 heteroatoms. The normalized spacial score (nSPS) is 36.3. The van der Waals surface area contributed by atoms with E-state index in [0.29, 0.717) is 12.1 Å². The molecule has 2 aliphatic rings. The maximum absolute atomic E-state index is 9.85. The number of hydrogen-bond donors (Lipinski definition) is 4. The predicted octanol–water partition coefficient (Wildman–Crippen LogP) is 1.16. The molecule has 0 amide bonds. The second-order valence-electron chi connectivity index (χ2n) is 6.18. The minimum absolute atomic E-state index is 0.151. The van der Waals surface area contributed by atoms with E-state index in [2.05, 4.69) is 10.6 Å². The van der Waals surface area contributed by atoms with Gasteiger partial charge in [0, 0.05) is 12.1 Å². The molecule has 2 fully saturated rings. The highest BCUT2D eigenvalue weighted by Crippen LogP contribution is 2.19. The summed E-state index contributed by atoms with van der Waals surface area (Å²) >= 11 is 0. The Hall–Kier alpha value is -0.160. The Morgan fingerprint density at radius 2 is 1.11 bits per heavy atom. The fourth-order valence-electron chi connectivity index (χ4n) is 3.36. The van der Waals surface area contributed by atoms with Crippen LogP contribution in [-0.4, -0.2) is 47.6 Å². The van der Waals surface area contributed by atoms with Crippen molar-refractivity contribution in [1.29, 1.82) is 0 Å². The lowest BCUT2D eigenvalue weighted by molar-refractivity contribution is 0.0876. The Labute approximate surface area is 117 Å². The summed E-state index contributed by atoms with van der Waals surface area (Å²) in [6.07, 6.45) is 9.68. The molecule has 0 radical (unpaired) electrons. The summed E-state index contributed by atoms with van der Waals surface area (Å²) < 4.78 is 0. The van der Waals surface area contributed by atoms with E-state index in [1.54, 1.807) is 0 Å². The van der Waals surface area contributed by atoms with Crippen LogP contribution in [0.4, 0.5) is 0 Å². The maximum atomic E-state index is 9.85. The van der Waals surface area contributed by atoms with E-state index < -0.39 is 0 Å². The SMILES string of the molecule is OC1CCCCC1NCCCNC1CCCCC1O. The third-order valence-corrected chi connectivity index (χ3v) is 4.63. The lowest BCUT2D eigenvalue weighted by Crippen LogP contribution is -2.45. The summed E-state index contributed by atoms with van der Waals surface area (Å²) in [4.78, 5) is 0. The molecule has 2 aliphatic carbocycles. The molecule has 0 saturated heterocycles. The fraction of sp³-hybridized carbons (Fsp3) is 1.00. The summed E-state index contributed by atoms with van der Waals surface area (Å²) in [5.74, 6) is 0. The highest BCUT2D eigenvalue weighted by atomic mass is 16.3. The van der Waals surface area contributed by atoms with Crippen molar-refractivity contribution in [2.45, 2.75) is 82.1 Å². The first kappa shape index (κ1) is 15.2. The van der Waals surface area contributed by atoms with Gasteiger partial charge in [0.1, 0.15) is 0 Å². The molecule has 4 N–H and O–H groups in total. The molecular weight excluding hydrogens is 240 g/mol. The highest BCUT2D eigenvalue weighted by molar-refractivity contribution is 4.82. The van der Waals surface area contributed by atoms with Crippen molar-refractivity contribution in [1.82, 2.24) is 10.6 Å². The van der Waals surface area contributed by atoms with Crippen molar-refractivity contribution in [3.8, 4) is 0 Å². The fourth-order valence-corrected chi connectivity index (χ4v) is 3.36. The molecule has 2 saturated carbocycles.